The number of para-hydroxylation sites is 1. The maximum atomic E-state index is 13.6. The summed E-state index contributed by atoms with van der Waals surface area (Å²) < 4.78 is 38.8. The van der Waals surface area contributed by atoms with Crippen LogP contribution in [0.25, 0.3) is 22.4 Å². The first kappa shape index (κ1) is 19.4. The van der Waals surface area contributed by atoms with E-state index in [4.69, 9.17) is 9.47 Å². The maximum Gasteiger partial charge on any atom is 0.161 e. The van der Waals surface area contributed by atoms with Gasteiger partial charge in [0.15, 0.2) is 17.4 Å². The van der Waals surface area contributed by atoms with Crippen LogP contribution < -0.4 is 9.64 Å². The zero-order chi connectivity index (χ0) is 21.5. The second-order valence-electron chi connectivity index (χ2n) is 7.51. The molecule has 5 rings (SSSR count). The van der Waals surface area contributed by atoms with Gasteiger partial charge in [-0.05, 0) is 30.7 Å². The van der Waals surface area contributed by atoms with Crippen molar-refractivity contribution in [2.75, 3.05) is 25.2 Å². The molecule has 0 saturated carbocycles. The number of anilines is 2. The Labute approximate surface area is 177 Å². The Morgan fingerprint density at radius 3 is 2.81 bits per heavy atom. The van der Waals surface area contributed by atoms with Crippen molar-refractivity contribution in [3.8, 4) is 17.1 Å². The number of rotatable bonds is 4. The fraction of sp³-hybridized carbons (Fsp3) is 0.217. The van der Waals surface area contributed by atoms with Crippen LogP contribution in [-0.4, -0.2) is 41.3 Å². The van der Waals surface area contributed by atoms with Crippen LogP contribution >= 0.6 is 0 Å². The first-order valence-corrected chi connectivity index (χ1v) is 9.87. The highest BCUT2D eigenvalue weighted by atomic mass is 19.2. The van der Waals surface area contributed by atoms with E-state index in [0.717, 1.165) is 29.2 Å². The molecule has 0 fully saturated rings. The van der Waals surface area contributed by atoms with Crippen LogP contribution in [0.2, 0.25) is 0 Å². The molecule has 2 aromatic heterocycles. The minimum Gasteiger partial charge on any atom is -0.488 e. The minimum atomic E-state index is -0.934. The molecule has 2 aromatic carbocycles. The highest BCUT2D eigenvalue weighted by Gasteiger charge is 2.32. The molecule has 31 heavy (non-hydrogen) atoms. The van der Waals surface area contributed by atoms with Gasteiger partial charge in [0.25, 0.3) is 0 Å². The molecule has 1 N–H and O–H groups in total. The number of aromatic amines is 1. The van der Waals surface area contributed by atoms with Crippen molar-refractivity contribution >= 4 is 22.5 Å². The number of aromatic nitrogens is 3. The molecule has 0 bridgehead atoms. The second-order valence-corrected chi connectivity index (χ2v) is 7.51. The highest BCUT2D eigenvalue weighted by molar-refractivity contribution is 5.85. The average molecular weight is 422 g/mol. The van der Waals surface area contributed by atoms with E-state index in [2.05, 4.69) is 19.9 Å². The summed E-state index contributed by atoms with van der Waals surface area (Å²) in [4.78, 5) is 14.2. The molecule has 8 heteroatoms. The molecule has 3 heterocycles. The van der Waals surface area contributed by atoms with Crippen LogP contribution in [0.15, 0.2) is 48.7 Å². The number of H-pyrrole nitrogens is 1. The number of aryl methyl sites for hydroxylation is 1. The second kappa shape index (κ2) is 7.63. The largest absolute Gasteiger partial charge is 0.488 e. The molecule has 4 aromatic rings. The molecule has 1 aliphatic heterocycles. The third-order valence-corrected chi connectivity index (χ3v) is 5.32. The smallest absolute Gasteiger partial charge is 0.161 e. The van der Waals surface area contributed by atoms with E-state index in [0.29, 0.717) is 41.4 Å². The van der Waals surface area contributed by atoms with Gasteiger partial charge in [-0.2, -0.15) is 0 Å². The first-order valence-electron chi connectivity index (χ1n) is 9.87. The van der Waals surface area contributed by atoms with Crippen LogP contribution in [0.5, 0.6) is 5.75 Å². The van der Waals surface area contributed by atoms with E-state index in [9.17, 15) is 8.78 Å². The highest BCUT2D eigenvalue weighted by Crippen LogP contribution is 2.44. The number of imidazole rings is 1. The molecular formula is C23H20F2N4O2. The van der Waals surface area contributed by atoms with Gasteiger partial charge in [0.2, 0.25) is 0 Å². The molecule has 0 amide bonds. The molecule has 0 unspecified atom stereocenters. The zero-order valence-corrected chi connectivity index (χ0v) is 17.0. The number of pyridine rings is 1. The van der Waals surface area contributed by atoms with Crippen molar-refractivity contribution in [1.29, 1.82) is 0 Å². The van der Waals surface area contributed by atoms with Crippen LogP contribution in [0.1, 0.15) is 5.56 Å². The van der Waals surface area contributed by atoms with E-state index in [1.165, 1.54) is 0 Å². The number of hydrogen-bond acceptors (Lipinski definition) is 5. The Morgan fingerprint density at radius 2 is 2.03 bits per heavy atom. The quantitative estimate of drug-likeness (QED) is 0.514. The molecule has 158 valence electrons. The van der Waals surface area contributed by atoms with Gasteiger partial charge < -0.3 is 19.4 Å². The lowest BCUT2D eigenvalue weighted by molar-refractivity contribution is 0.146. The van der Waals surface area contributed by atoms with Gasteiger partial charge in [-0.25, -0.2) is 18.7 Å². The molecular weight excluding hydrogens is 402 g/mol. The zero-order valence-electron chi connectivity index (χ0n) is 17.0. The molecule has 1 aliphatic rings. The third kappa shape index (κ3) is 3.38. The maximum absolute atomic E-state index is 13.6. The number of hydrogen-bond donors (Lipinski definition) is 1. The molecule has 1 atom stereocenters. The normalized spacial score (nSPS) is 15.7. The summed E-state index contributed by atoms with van der Waals surface area (Å²) >= 11 is 0. The minimum absolute atomic E-state index is 0.0678. The predicted octanol–water partition coefficient (Wildman–Crippen LogP) is 4.76. The number of fused-ring (bicyclic) bond motifs is 2. The van der Waals surface area contributed by atoms with E-state index in [1.807, 2.05) is 43.5 Å². The molecule has 6 nitrogen and oxygen atoms in total. The van der Waals surface area contributed by atoms with Crippen molar-refractivity contribution in [3.05, 3.63) is 65.9 Å². The van der Waals surface area contributed by atoms with Crippen molar-refractivity contribution in [2.45, 2.75) is 13.0 Å². The fourth-order valence-corrected chi connectivity index (χ4v) is 3.86. The summed E-state index contributed by atoms with van der Waals surface area (Å²) in [6.45, 7) is 2.83. The Kier molecular flexibility index (Phi) is 4.78. The summed E-state index contributed by atoms with van der Waals surface area (Å²) in [5.41, 5.74) is 3.34. The van der Waals surface area contributed by atoms with Gasteiger partial charge in [-0.15, -0.1) is 0 Å². The van der Waals surface area contributed by atoms with Crippen LogP contribution in [0.3, 0.4) is 0 Å². The number of benzene rings is 2. The lowest BCUT2D eigenvalue weighted by Gasteiger charge is -2.38. The van der Waals surface area contributed by atoms with Gasteiger partial charge in [-0.1, -0.05) is 12.1 Å². The van der Waals surface area contributed by atoms with Crippen molar-refractivity contribution in [3.63, 3.8) is 0 Å². The number of nitrogens with zero attached hydrogens (tertiary/aromatic N) is 3. The fourth-order valence-electron chi connectivity index (χ4n) is 3.86. The van der Waals surface area contributed by atoms with Crippen molar-refractivity contribution in [1.82, 2.24) is 15.0 Å². The van der Waals surface area contributed by atoms with Crippen LogP contribution in [0.4, 0.5) is 20.3 Å². The van der Waals surface area contributed by atoms with Gasteiger partial charge >= 0.3 is 0 Å². The topological polar surface area (TPSA) is 63.3 Å². The SMILES string of the molecule is COC[C@H]1COc2c(-c3nc4cc(F)c(F)cc4[nH]3)cccc2N1c1ccc(C)cn1. The van der Waals surface area contributed by atoms with Crippen LogP contribution in [0, 0.1) is 18.6 Å². The van der Waals surface area contributed by atoms with Gasteiger partial charge in [0.05, 0.1) is 34.9 Å². The Bertz CT molecular complexity index is 1220. The van der Waals surface area contributed by atoms with E-state index in [-0.39, 0.29) is 6.04 Å². The number of halogens is 2. The van der Waals surface area contributed by atoms with E-state index < -0.39 is 11.6 Å². The van der Waals surface area contributed by atoms with Crippen molar-refractivity contribution < 1.29 is 18.3 Å². The van der Waals surface area contributed by atoms with Crippen molar-refractivity contribution in [2.24, 2.45) is 0 Å². The summed E-state index contributed by atoms with van der Waals surface area (Å²) in [7, 11) is 1.65. The Morgan fingerprint density at radius 1 is 1.19 bits per heavy atom. The predicted molar refractivity (Wildman–Crippen MR) is 114 cm³/mol. The van der Waals surface area contributed by atoms with E-state index >= 15 is 0 Å². The molecule has 0 aliphatic carbocycles. The number of ether oxygens (including phenoxy) is 2. The lowest BCUT2D eigenvalue weighted by atomic mass is 10.1. The Hall–Kier alpha value is -3.52. The lowest BCUT2D eigenvalue weighted by Crippen LogP contribution is -2.43. The third-order valence-electron chi connectivity index (χ3n) is 5.32. The standard InChI is InChI=1S/C23H20F2N4O2/c1-13-6-7-21(26-10-13)29-14(11-30-2)12-31-22-15(4-3-5-20(22)29)23-27-18-8-16(24)17(25)9-19(18)28-23/h3-10,14H,11-12H2,1-2H3,(H,27,28)/t14-/m0/s1. The molecule has 0 spiro atoms. The summed E-state index contributed by atoms with van der Waals surface area (Å²) in [5.74, 6) is 0.0168. The van der Waals surface area contributed by atoms with Gasteiger partial charge in [0, 0.05) is 25.4 Å². The Balaban J connectivity index is 1.64. The van der Waals surface area contributed by atoms with Gasteiger partial charge in [-0.3, -0.25) is 0 Å². The average Bonchev–Trinajstić information content (AvgIpc) is 3.17. The van der Waals surface area contributed by atoms with Crippen LogP contribution in [-0.2, 0) is 4.74 Å². The number of methoxy groups -OCH3 is 1. The summed E-state index contributed by atoms with van der Waals surface area (Å²) in [5, 5.41) is 0. The number of nitrogens with one attached hydrogen (secondary N) is 1. The monoisotopic (exact) mass is 422 g/mol. The van der Waals surface area contributed by atoms with Gasteiger partial charge in [0.1, 0.15) is 18.2 Å². The summed E-state index contributed by atoms with van der Waals surface area (Å²) in [6.07, 6.45) is 1.82. The first-order chi connectivity index (χ1) is 15.0. The molecule has 0 radical (unpaired) electrons. The molecule has 0 saturated heterocycles. The van der Waals surface area contributed by atoms with E-state index in [1.54, 1.807) is 7.11 Å². The summed E-state index contributed by atoms with van der Waals surface area (Å²) in [6, 6.07) is 11.8.